The number of nitrogens with one attached hydrogen (secondary N) is 1. The zero-order valence-corrected chi connectivity index (χ0v) is 14.0. The predicted octanol–water partition coefficient (Wildman–Crippen LogP) is 2.63. The number of nitrogens with two attached hydrogens (primary N) is 1. The topological polar surface area (TPSA) is 66.8 Å². The summed E-state index contributed by atoms with van der Waals surface area (Å²) >= 11 is 0. The molecule has 3 rings (SSSR count). The molecule has 1 fully saturated rings. The van der Waals surface area contributed by atoms with E-state index in [1.807, 2.05) is 25.1 Å². The van der Waals surface area contributed by atoms with Gasteiger partial charge in [-0.2, -0.15) is 0 Å². The number of likely N-dealkylation sites (N-methyl/N-ethyl adjacent to an activating group) is 1. The van der Waals surface area contributed by atoms with Crippen LogP contribution in [-0.2, 0) is 6.54 Å². The van der Waals surface area contributed by atoms with Crippen LogP contribution in [0, 0.1) is 6.92 Å². The van der Waals surface area contributed by atoms with Crippen molar-refractivity contribution in [3.63, 3.8) is 0 Å². The maximum atomic E-state index is 6.04. The summed E-state index contributed by atoms with van der Waals surface area (Å²) in [6.45, 7) is 7.90. The van der Waals surface area contributed by atoms with E-state index in [1.54, 1.807) is 0 Å². The Morgan fingerprint density at radius 2 is 2.26 bits per heavy atom. The first-order chi connectivity index (χ1) is 11.2. The molecule has 0 radical (unpaired) electrons. The number of nitrogens with zero attached hydrogens (tertiary/aromatic N) is 2. The molecule has 0 bridgehead atoms. The number of aliphatic imine (C=N–C) groups is 1. The molecule has 23 heavy (non-hydrogen) atoms. The van der Waals surface area contributed by atoms with E-state index >= 15 is 0 Å². The molecule has 1 aliphatic rings. The van der Waals surface area contributed by atoms with Crippen LogP contribution in [0.1, 0.15) is 31.1 Å². The molecule has 0 amide bonds. The Bertz CT molecular complexity index is 691. The van der Waals surface area contributed by atoms with Gasteiger partial charge in [0, 0.05) is 23.5 Å². The van der Waals surface area contributed by atoms with Gasteiger partial charge in [-0.3, -0.25) is 4.90 Å². The molecule has 2 heterocycles. The second-order valence-corrected chi connectivity index (χ2v) is 6.14. The summed E-state index contributed by atoms with van der Waals surface area (Å²) < 4.78 is 5.76. The van der Waals surface area contributed by atoms with Crippen LogP contribution in [-0.4, -0.2) is 36.5 Å². The number of fused-ring (bicyclic) bond motifs is 1. The molecular weight excluding hydrogens is 288 g/mol. The summed E-state index contributed by atoms with van der Waals surface area (Å²) in [5.74, 6) is 1.42. The van der Waals surface area contributed by atoms with Gasteiger partial charge in [0.2, 0.25) is 0 Å². The van der Waals surface area contributed by atoms with Gasteiger partial charge in [0.1, 0.15) is 11.3 Å². The molecule has 5 heteroatoms. The highest BCUT2D eigenvalue weighted by Gasteiger charge is 2.22. The Morgan fingerprint density at radius 1 is 1.43 bits per heavy atom. The van der Waals surface area contributed by atoms with Crippen molar-refractivity contribution in [3.8, 4) is 0 Å². The number of guanidine groups is 1. The second kappa shape index (κ2) is 7.04. The smallest absolute Gasteiger partial charge is 0.188 e. The monoisotopic (exact) mass is 314 g/mol. The summed E-state index contributed by atoms with van der Waals surface area (Å²) in [4.78, 5) is 6.99. The molecule has 124 valence electrons. The summed E-state index contributed by atoms with van der Waals surface area (Å²) in [6.07, 6.45) is 2.51. The van der Waals surface area contributed by atoms with Crippen molar-refractivity contribution in [2.24, 2.45) is 10.7 Å². The van der Waals surface area contributed by atoms with Gasteiger partial charge in [0.15, 0.2) is 5.96 Å². The summed E-state index contributed by atoms with van der Waals surface area (Å²) in [5.41, 5.74) is 8.06. The Labute approximate surface area is 137 Å². The third-order valence-corrected chi connectivity index (χ3v) is 4.73. The van der Waals surface area contributed by atoms with Gasteiger partial charge >= 0.3 is 0 Å². The molecule has 2 aromatic rings. The summed E-state index contributed by atoms with van der Waals surface area (Å²) in [7, 11) is 0. The highest BCUT2D eigenvalue weighted by Crippen LogP contribution is 2.25. The van der Waals surface area contributed by atoms with E-state index < -0.39 is 0 Å². The van der Waals surface area contributed by atoms with Crippen molar-refractivity contribution in [1.82, 2.24) is 10.2 Å². The lowest BCUT2D eigenvalue weighted by molar-refractivity contribution is 0.267. The van der Waals surface area contributed by atoms with Crippen LogP contribution in [0.15, 0.2) is 33.7 Å². The minimum atomic E-state index is 0.512. The van der Waals surface area contributed by atoms with Crippen LogP contribution >= 0.6 is 0 Å². The van der Waals surface area contributed by atoms with Crippen LogP contribution in [0.4, 0.5) is 0 Å². The highest BCUT2D eigenvalue weighted by molar-refractivity contribution is 5.83. The maximum Gasteiger partial charge on any atom is 0.188 e. The Balaban J connectivity index is 1.61. The Kier molecular flexibility index (Phi) is 4.86. The van der Waals surface area contributed by atoms with Gasteiger partial charge in [-0.25, -0.2) is 4.99 Å². The second-order valence-electron chi connectivity index (χ2n) is 6.14. The van der Waals surface area contributed by atoms with E-state index in [4.69, 9.17) is 10.2 Å². The van der Waals surface area contributed by atoms with E-state index in [9.17, 15) is 0 Å². The van der Waals surface area contributed by atoms with Crippen molar-refractivity contribution in [2.45, 2.75) is 39.3 Å². The van der Waals surface area contributed by atoms with E-state index in [-0.39, 0.29) is 0 Å². The van der Waals surface area contributed by atoms with Crippen LogP contribution in [0.25, 0.3) is 11.0 Å². The van der Waals surface area contributed by atoms with Crippen molar-refractivity contribution < 1.29 is 4.42 Å². The third-order valence-electron chi connectivity index (χ3n) is 4.73. The van der Waals surface area contributed by atoms with Crippen LogP contribution in [0.5, 0.6) is 0 Å². The Morgan fingerprint density at radius 3 is 3.09 bits per heavy atom. The molecular formula is C18H26N4O. The fourth-order valence-electron chi connectivity index (χ4n) is 3.40. The predicted molar refractivity (Wildman–Crippen MR) is 94.5 cm³/mol. The molecule has 0 spiro atoms. The quantitative estimate of drug-likeness (QED) is 0.658. The first-order valence-electron chi connectivity index (χ1n) is 8.44. The molecule has 1 unspecified atom stereocenters. The van der Waals surface area contributed by atoms with Crippen LogP contribution in [0.3, 0.4) is 0 Å². The molecule has 1 saturated heterocycles. The van der Waals surface area contributed by atoms with Crippen molar-refractivity contribution in [2.75, 3.05) is 19.6 Å². The molecule has 5 nitrogen and oxygen atoms in total. The van der Waals surface area contributed by atoms with Gasteiger partial charge in [0.05, 0.1) is 6.54 Å². The standard InChI is InChI=1S/C18H26N4O/c1-3-22-10-6-7-14(22)11-20-18(19)21-12-16-13(2)23-17-9-5-4-8-15(16)17/h4-5,8-9,14H,3,6-7,10-12H2,1-2H3,(H3,19,20,21). The molecule has 1 aromatic heterocycles. The SMILES string of the molecule is CCN1CCCC1CNC(N)=NCc1c(C)oc2ccccc12. The maximum absolute atomic E-state index is 6.04. The summed E-state index contributed by atoms with van der Waals surface area (Å²) in [6, 6.07) is 8.63. The first-order valence-corrected chi connectivity index (χ1v) is 8.44. The summed E-state index contributed by atoms with van der Waals surface area (Å²) in [5, 5.41) is 4.39. The van der Waals surface area contributed by atoms with Crippen molar-refractivity contribution >= 4 is 16.9 Å². The lowest BCUT2D eigenvalue weighted by Crippen LogP contribution is -2.42. The molecule has 1 aromatic carbocycles. The van der Waals surface area contributed by atoms with Gasteiger partial charge in [-0.15, -0.1) is 0 Å². The Hall–Kier alpha value is -2.01. The molecule has 0 saturated carbocycles. The number of hydrogen-bond donors (Lipinski definition) is 2. The van der Waals surface area contributed by atoms with Gasteiger partial charge in [-0.1, -0.05) is 25.1 Å². The van der Waals surface area contributed by atoms with Crippen LogP contribution < -0.4 is 11.1 Å². The lowest BCUT2D eigenvalue weighted by Gasteiger charge is -2.23. The molecule has 1 atom stereocenters. The highest BCUT2D eigenvalue weighted by atomic mass is 16.3. The average molecular weight is 314 g/mol. The minimum Gasteiger partial charge on any atom is -0.461 e. The van der Waals surface area contributed by atoms with E-state index in [1.165, 1.54) is 19.4 Å². The van der Waals surface area contributed by atoms with E-state index in [0.29, 0.717) is 18.5 Å². The van der Waals surface area contributed by atoms with Crippen LogP contribution in [0.2, 0.25) is 0 Å². The zero-order valence-electron chi connectivity index (χ0n) is 14.0. The van der Waals surface area contributed by atoms with Crippen molar-refractivity contribution in [3.05, 3.63) is 35.6 Å². The fourth-order valence-corrected chi connectivity index (χ4v) is 3.40. The van der Waals surface area contributed by atoms with Gasteiger partial charge < -0.3 is 15.5 Å². The number of furan rings is 1. The van der Waals surface area contributed by atoms with Crippen molar-refractivity contribution in [1.29, 1.82) is 0 Å². The number of para-hydroxylation sites is 1. The normalized spacial score (nSPS) is 19.6. The number of rotatable bonds is 5. The first kappa shape index (κ1) is 15.9. The zero-order chi connectivity index (χ0) is 16.2. The lowest BCUT2D eigenvalue weighted by atomic mass is 10.1. The van der Waals surface area contributed by atoms with E-state index in [2.05, 4.69) is 28.2 Å². The number of likely N-dealkylation sites (tertiary alicyclic amines) is 1. The molecule has 3 N–H and O–H groups in total. The number of aryl methyl sites for hydroxylation is 1. The average Bonchev–Trinajstić information content (AvgIpc) is 3.14. The van der Waals surface area contributed by atoms with E-state index in [0.717, 1.165) is 35.4 Å². The number of hydrogen-bond acceptors (Lipinski definition) is 3. The van der Waals surface area contributed by atoms with Gasteiger partial charge in [-0.05, 0) is 38.9 Å². The molecule has 1 aliphatic heterocycles. The minimum absolute atomic E-state index is 0.512. The number of benzene rings is 1. The fraction of sp³-hybridized carbons (Fsp3) is 0.500. The largest absolute Gasteiger partial charge is 0.461 e. The third kappa shape index (κ3) is 3.50. The van der Waals surface area contributed by atoms with Gasteiger partial charge in [0.25, 0.3) is 0 Å². The molecule has 0 aliphatic carbocycles.